The van der Waals surface area contributed by atoms with Gasteiger partial charge in [0.05, 0.1) is 12.7 Å². The molecular formula is C17H22O5. The molecule has 0 heterocycles. The Balaban J connectivity index is 1.87. The van der Waals surface area contributed by atoms with Gasteiger partial charge in [-0.2, -0.15) is 0 Å². The van der Waals surface area contributed by atoms with Crippen molar-refractivity contribution < 1.29 is 23.7 Å². The largest absolute Gasteiger partial charge is 0.497 e. The van der Waals surface area contributed by atoms with Crippen molar-refractivity contribution in [2.45, 2.75) is 25.0 Å². The molecule has 2 rings (SSSR count). The van der Waals surface area contributed by atoms with Crippen LogP contribution in [0.1, 0.15) is 29.6 Å². The highest BCUT2D eigenvalue weighted by molar-refractivity contribution is 5.89. The zero-order valence-electron chi connectivity index (χ0n) is 13.3. The summed E-state index contributed by atoms with van der Waals surface area (Å²) in [7, 11) is 4.88. The standard InChI is InChI=1S/C17H22O5/c1-19-15-6-4-14(5-7-15)16(18)22-12-13-8-10-17(20-2,21-3)11-9-13/h4-8H,9-12H2,1-3H3. The van der Waals surface area contributed by atoms with Crippen molar-refractivity contribution in [2.24, 2.45) is 0 Å². The summed E-state index contributed by atoms with van der Waals surface area (Å²) in [5.74, 6) is -0.162. The van der Waals surface area contributed by atoms with Crippen LogP contribution in [-0.4, -0.2) is 39.7 Å². The zero-order valence-corrected chi connectivity index (χ0v) is 13.3. The number of benzene rings is 1. The molecular weight excluding hydrogens is 284 g/mol. The molecule has 1 aliphatic rings. The van der Waals surface area contributed by atoms with Crippen LogP contribution in [0, 0.1) is 0 Å². The fourth-order valence-corrected chi connectivity index (χ4v) is 2.41. The van der Waals surface area contributed by atoms with Gasteiger partial charge >= 0.3 is 5.97 Å². The van der Waals surface area contributed by atoms with Crippen molar-refractivity contribution in [1.29, 1.82) is 0 Å². The predicted molar refractivity (Wildman–Crippen MR) is 82.0 cm³/mol. The van der Waals surface area contributed by atoms with E-state index in [4.69, 9.17) is 18.9 Å². The van der Waals surface area contributed by atoms with Gasteiger partial charge in [-0.25, -0.2) is 4.79 Å². The molecule has 5 heteroatoms. The minimum absolute atomic E-state index is 0.300. The molecule has 0 saturated carbocycles. The van der Waals surface area contributed by atoms with Crippen molar-refractivity contribution >= 4 is 5.97 Å². The maximum Gasteiger partial charge on any atom is 0.338 e. The summed E-state index contributed by atoms with van der Waals surface area (Å²) in [6, 6.07) is 6.86. The Hall–Kier alpha value is -1.85. The van der Waals surface area contributed by atoms with Crippen LogP contribution in [0.4, 0.5) is 0 Å². The lowest BCUT2D eigenvalue weighted by Gasteiger charge is -2.33. The molecule has 0 aromatic heterocycles. The van der Waals surface area contributed by atoms with Crippen LogP contribution in [0.5, 0.6) is 5.75 Å². The number of rotatable bonds is 6. The molecule has 0 saturated heterocycles. The lowest BCUT2D eigenvalue weighted by atomic mass is 9.94. The molecule has 0 amide bonds. The van der Waals surface area contributed by atoms with Gasteiger partial charge < -0.3 is 18.9 Å². The average Bonchev–Trinajstić information content (AvgIpc) is 2.60. The molecule has 0 spiro atoms. The number of hydrogen-bond acceptors (Lipinski definition) is 5. The Bertz CT molecular complexity index is 528. The summed E-state index contributed by atoms with van der Waals surface area (Å²) >= 11 is 0. The molecule has 0 atom stereocenters. The number of ether oxygens (including phenoxy) is 4. The molecule has 0 aliphatic heterocycles. The van der Waals surface area contributed by atoms with E-state index in [-0.39, 0.29) is 5.97 Å². The van der Waals surface area contributed by atoms with E-state index in [1.165, 1.54) is 0 Å². The van der Waals surface area contributed by atoms with Gasteiger partial charge in [-0.3, -0.25) is 0 Å². The number of methoxy groups -OCH3 is 3. The molecule has 5 nitrogen and oxygen atoms in total. The maximum atomic E-state index is 12.0. The highest BCUT2D eigenvalue weighted by Crippen LogP contribution is 2.31. The van der Waals surface area contributed by atoms with E-state index >= 15 is 0 Å². The van der Waals surface area contributed by atoms with Crippen molar-refractivity contribution in [3.63, 3.8) is 0 Å². The number of carbonyl (C=O) groups is 1. The first-order valence-electron chi connectivity index (χ1n) is 7.22. The molecule has 0 unspecified atom stereocenters. The maximum absolute atomic E-state index is 12.0. The second-order valence-corrected chi connectivity index (χ2v) is 5.19. The van der Waals surface area contributed by atoms with Crippen molar-refractivity contribution in [2.75, 3.05) is 27.9 Å². The van der Waals surface area contributed by atoms with Crippen molar-refractivity contribution in [3.05, 3.63) is 41.5 Å². The van der Waals surface area contributed by atoms with Crippen LogP contribution in [0.15, 0.2) is 35.9 Å². The van der Waals surface area contributed by atoms with E-state index in [0.29, 0.717) is 24.3 Å². The molecule has 22 heavy (non-hydrogen) atoms. The van der Waals surface area contributed by atoms with Crippen molar-refractivity contribution in [3.8, 4) is 5.75 Å². The first kappa shape index (κ1) is 16.5. The lowest BCUT2D eigenvalue weighted by Crippen LogP contribution is -2.35. The normalized spacial score (nSPS) is 16.8. The summed E-state index contributed by atoms with van der Waals surface area (Å²) < 4.78 is 21.2. The smallest absolute Gasteiger partial charge is 0.338 e. The van der Waals surface area contributed by atoms with Crippen LogP contribution in [-0.2, 0) is 14.2 Å². The Labute approximate surface area is 130 Å². The Kier molecular flexibility index (Phi) is 5.57. The molecule has 1 aromatic rings. The monoisotopic (exact) mass is 306 g/mol. The van der Waals surface area contributed by atoms with Crippen LogP contribution in [0.3, 0.4) is 0 Å². The fraction of sp³-hybridized carbons (Fsp3) is 0.471. The van der Waals surface area contributed by atoms with E-state index in [2.05, 4.69) is 0 Å². The fourth-order valence-electron chi connectivity index (χ4n) is 2.41. The quantitative estimate of drug-likeness (QED) is 0.459. The average molecular weight is 306 g/mol. The first-order chi connectivity index (χ1) is 10.6. The molecule has 0 radical (unpaired) electrons. The van der Waals surface area contributed by atoms with Gasteiger partial charge in [0.2, 0.25) is 0 Å². The van der Waals surface area contributed by atoms with Crippen molar-refractivity contribution in [1.82, 2.24) is 0 Å². The minimum Gasteiger partial charge on any atom is -0.497 e. The Morgan fingerprint density at radius 1 is 1.14 bits per heavy atom. The predicted octanol–water partition coefficient (Wildman–Crippen LogP) is 2.95. The summed E-state index contributed by atoms with van der Waals surface area (Å²) in [5.41, 5.74) is 1.60. The van der Waals surface area contributed by atoms with Crippen LogP contribution < -0.4 is 4.74 Å². The topological polar surface area (TPSA) is 54.0 Å². The number of carbonyl (C=O) groups excluding carboxylic acids is 1. The van der Waals surface area contributed by atoms with E-state index in [9.17, 15) is 4.79 Å². The van der Waals surface area contributed by atoms with Gasteiger partial charge in [0.1, 0.15) is 12.4 Å². The molecule has 120 valence electrons. The Morgan fingerprint density at radius 2 is 1.82 bits per heavy atom. The van der Waals surface area contributed by atoms with E-state index in [1.807, 2.05) is 6.08 Å². The molecule has 0 N–H and O–H groups in total. The first-order valence-corrected chi connectivity index (χ1v) is 7.22. The molecule has 1 aliphatic carbocycles. The van der Waals surface area contributed by atoms with E-state index < -0.39 is 5.79 Å². The summed E-state index contributed by atoms with van der Waals surface area (Å²) in [6.07, 6.45) is 4.23. The summed E-state index contributed by atoms with van der Waals surface area (Å²) in [5, 5.41) is 0. The zero-order chi connectivity index (χ0) is 16.0. The Morgan fingerprint density at radius 3 is 2.32 bits per heavy atom. The number of esters is 1. The van der Waals surface area contributed by atoms with Gasteiger partial charge in [0, 0.05) is 27.1 Å². The van der Waals surface area contributed by atoms with E-state index in [0.717, 1.165) is 18.4 Å². The van der Waals surface area contributed by atoms with Gasteiger partial charge in [-0.05, 0) is 36.3 Å². The third-order valence-corrected chi connectivity index (χ3v) is 3.99. The number of hydrogen-bond donors (Lipinski definition) is 0. The van der Waals surface area contributed by atoms with Gasteiger partial charge in [0.25, 0.3) is 0 Å². The summed E-state index contributed by atoms with van der Waals surface area (Å²) in [4.78, 5) is 12.0. The van der Waals surface area contributed by atoms with E-state index in [1.54, 1.807) is 45.6 Å². The summed E-state index contributed by atoms with van der Waals surface area (Å²) in [6.45, 7) is 0.300. The van der Waals surface area contributed by atoms with Gasteiger partial charge in [-0.1, -0.05) is 6.08 Å². The third kappa shape index (κ3) is 3.87. The minimum atomic E-state index is -0.538. The van der Waals surface area contributed by atoms with Crippen LogP contribution >= 0.6 is 0 Å². The van der Waals surface area contributed by atoms with Crippen LogP contribution in [0.25, 0.3) is 0 Å². The molecule has 0 fully saturated rings. The SMILES string of the molecule is COc1ccc(C(=O)OCC2=CCC(OC)(OC)CC2)cc1. The second kappa shape index (κ2) is 7.42. The van der Waals surface area contributed by atoms with Crippen LogP contribution in [0.2, 0.25) is 0 Å². The van der Waals surface area contributed by atoms with Gasteiger partial charge in [0.15, 0.2) is 5.79 Å². The lowest BCUT2D eigenvalue weighted by molar-refractivity contribution is -0.210. The highest BCUT2D eigenvalue weighted by atomic mass is 16.7. The molecule has 0 bridgehead atoms. The van der Waals surface area contributed by atoms with Gasteiger partial charge in [-0.15, -0.1) is 0 Å². The highest BCUT2D eigenvalue weighted by Gasteiger charge is 2.31. The second-order valence-electron chi connectivity index (χ2n) is 5.19. The third-order valence-electron chi connectivity index (χ3n) is 3.99. The molecule has 1 aromatic carbocycles.